The molecule has 0 aromatic carbocycles. The summed E-state index contributed by atoms with van der Waals surface area (Å²) in [5.41, 5.74) is 0. The minimum Gasteiger partial charge on any atom is -0.316 e. The molecule has 3 unspecified atom stereocenters. The van der Waals surface area contributed by atoms with Crippen LogP contribution in [0.3, 0.4) is 0 Å². The van der Waals surface area contributed by atoms with E-state index < -0.39 is 0 Å². The molecule has 0 radical (unpaired) electrons. The second kappa shape index (κ2) is 5.31. The van der Waals surface area contributed by atoms with Gasteiger partial charge in [0.1, 0.15) is 0 Å². The maximum Gasteiger partial charge on any atom is 0.0148 e. The van der Waals surface area contributed by atoms with Crippen LogP contribution in [0, 0.1) is 5.92 Å². The molecule has 88 valence electrons. The second-order valence-electron chi connectivity index (χ2n) is 5.33. The molecule has 1 N–H and O–H groups in total. The van der Waals surface area contributed by atoms with E-state index in [2.05, 4.69) is 24.1 Å². The Bertz CT molecular complexity index is 193. The van der Waals surface area contributed by atoms with E-state index in [1.165, 1.54) is 51.7 Å². The van der Waals surface area contributed by atoms with Crippen molar-refractivity contribution in [1.29, 1.82) is 0 Å². The van der Waals surface area contributed by atoms with Crippen LogP contribution in [0.15, 0.2) is 0 Å². The molecule has 2 rings (SSSR count). The van der Waals surface area contributed by atoms with Gasteiger partial charge in [-0.1, -0.05) is 20.3 Å². The van der Waals surface area contributed by atoms with E-state index >= 15 is 0 Å². The highest BCUT2D eigenvalue weighted by atomic mass is 15.2. The number of nitrogens with zero attached hydrogens (tertiary/aromatic N) is 1. The quantitative estimate of drug-likeness (QED) is 0.752. The molecule has 0 spiro atoms. The van der Waals surface area contributed by atoms with Gasteiger partial charge in [0.25, 0.3) is 0 Å². The fraction of sp³-hybridized carbons (Fsp3) is 1.00. The number of hydrogen-bond donors (Lipinski definition) is 1. The molecule has 2 heteroatoms. The van der Waals surface area contributed by atoms with Gasteiger partial charge in [-0.15, -0.1) is 0 Å². The van der Waals surface area contributed by atoms with Crippen LogP contribution in [0.5, 0.6) is 0 Å². The van der Waals surface area contributed by atoms with E-state index in [9.17, 15) is 0 Å². The van der Waals surface area contributed by atoms with Crippen LogP contribution in [-0.4, -0.2) is 36.6 Å². The van der Waals surface area contributed by atoms with Crippen LogP contribution < -0.4 is 5.32 Å². The van der Waals surface area contributed by atoms with Gasteiger partial charge in [-0.3, -0.25) is 4.90 Å². The van der Waals surface area contributed by atoms with Gasteiger partial charge >= 0.3 is 0 Å². The largest absolute Gasteiger partial charge is 0.316 e. The van der Waals surface area contributed by atoms with E-state index in [-0.39, 0.29) is 0 Å². The van der Waals surface area contributed by atoms with Gasteiger partial charge in [-0.05, 0) is 51.2 Å². The highest BCUT2D eigenvalue weighted by molar-refractivity contribution is 4.88. The van der Waals surface area contributed by atoms with Crippen LogP contribution in [0.4, 0.5) is 0 Å². The first-order chi connectivity index (χ1) is 7.33. The van der Waals surface area contributed by atoms with Crippen LogP contribution in [-0.2, 0) is 0 Å². The van der Waals surface area contributed by atoms with Crippen molar-refractivity contribution in [2.45, 2.75) is 58.0 Å². The normalized spacial score (nSPS) is 39.2. The third kappa shape index (κ3) is 2.54. The molecule has 0 aromatic rings. The summed E-state index contributed by atoms with van der Waals surface area (Å²) in [6.45, 7) is 8.57. The Labute approximate surface area is 94.4 Å². The van der Waals surface area contributed by atoms with E-state index in [1.807, 2.05) is 0 Å². The first kappa shape index (κ1) is 11.4. The van der Waals surface area contributed by atoms with Crippen molar-refractivity contribution in [3.8, 4) is 0 Å². The van der Waals surface area contributed by atoms with Crippen molar-refractivity contribution in [2.75, 3.05) is 19.6 Å². The average Bonchev–Trinajstić information content (AvgIpc) is 2.30. The molecule has 2 aliphatic rings. The molecule has 2 heterocycles. The highest BCUT2D eigenvalue weighted by Crippen LogP contribution is 2.27. The Hall–Kier alpha value is -0.0800. The number of nitrogens with one attached hydrogen (secondary N) is 1. The zero-order valence-corrected chi connectivity index (χ0v) is 10.3. The SMILES string of the molecule is CCC1CCCCN1C1CCNCC1C. The zero-order valence-electron chi connectivity index (χ0n) is 10.3. The lowest BCUT2D eigenvalue weighted by Crippen LogP contribution is -2.53. The van der Waals surface area contributed by atoms with E-state index in [4.69, 9.17) is 0 Å². The lowest BCUT2D eigenvalue weighted by molar-refractivity contribution is 0.0474. The van der Waals surface area contributed by atoms with E-state index in [0.717, 1.165) is 18.0 Å². The first-order valence-corrected chi connectivity index (χ1v) is 6.79. The predicted octanol–water partition coefficient (Wildman–Crippen LogP) is 2.25. The molecule has 0 bridgehead atoms. The molecule has 0 aliphatic carbocycles. The third-order valence-electron chi connectivity index (χ3n) is 4.31. The Morgan fingerprint density at radius 1 is 1.27 bits per heavy atom. The summed E-state index contributed by atoms with van der Waals surface area (Å²) in [6, 6.07) is 1.74. The van der Waals surface area contributed by atoms with Gasteiger partial charge in [-0.25, -0.2) is 0 Å². The molecule has 2 fully saturated rings. The Morgan fingerprint density at radius 2 is 2.13 bits per heavy atom. The molecule has 0 aromatic heterocycles. The number of piperidine rings is 2. The molecule has 3 atom stereocenters. The Kier molecular flexibility index (Phi) is 4.04. The highest BCUT2D eigenvalue weighted by Gasteiger charge is 2.32. The lowest BCUT2D eigenvalue weighted by atomic mass is 9.89. The Balaban J connectivity index is 1.99. The smallest absolute Gasteiger partial charge is 0.0148 e. The second-order valence-corrected chi connectivity index (χ2v) is 5.33. The van der Waals surface area contributed by atoms with Crippen molar-refractivity contribution in [2.24, 2.45) is 5.92 Å². The molecule has 2 saturated heterocycles. The van der Waals surface area contributed by atoms with Crippen LogP contribution in [0.2, 0.25) is 0 Å². The monoisotopic (exact) mass is 210 g/mol. The van der Waals surface area contributed by atoms with Crippen LogP contribution >= 0.6 is 0 Å². The first-order valence-electron chi connectivity index (χ1n) is 6.79. The maximum atomic E-state index is 3.51. The lowest BCUT2D eigenvalue weighted by Gasteiger charge is -2.45. The molecule has 15 heavy (non-hydrogen) atoms. The van der Waals surface area contributed by atoms with E-state index in [1.54, 1.807) is 0 Å². The van der Waals surface area contributed by atoms with Crippen LogP contribution in [0.25, 0.3) is 0 Å². The summed E-state index contributed by atoms with van der Waals surface area (Å²) < 4.78 is 0. The summed E-state index contributed by atoms with van der Waals surface area (Å²) in [5.74, 6) is 0.839. The van der Waals surface area contributed by atoms with Gasteiger partial charge in [0.2, 0.25) is 0 Å². The van der Waals surface area contributed by atoms with Gasteiger partial charge in [0.15, 0.2) is 0 Å². The summed E-state index contributed by atoms with van der Waals surface area (Å²) in [5, 5.41) is 3.51. The fourth-order valence-electron chi connectivity index (χ4n) is 3.39. The molecular weight excluding hydrogens is 184 g/mol. The van der Waals surface area contributed by atoms with Crippen molar-refractivity contribution in [3.05, 3.63) is 0 Å². The summed E-state index contributed by atoms with van der Waals surface area (Å²) in [7, 11) is 0. The minimum absolute atomic E-state index is 0.839. The van der Waals surface area contributed by atoms with Gasteiger partial charge in [0, 0.05) is 12.1 Å². The zero-order chi connectivity index (χ0) is 10.7. The molecule has 2 nitrogen and oxygen atoms in total. The Morgan fingerprint density at radius 3 is 2.87 bits per heavy atom. The average molecular weight is 210 g/mol. The van der Waals surface area contributed by atoms with Crippen molar-refractivity contribution in [1.82, 2.24) is 10.2 Å². The van der Waals surface area contributed by atoms with Crippen molar-refractivity contribution >= 4 is 0 Å². The summed E-state index contributed by atoms with van der Waals surface area (Å²) >= 11 is 0. The predicted molar refractivity (Wildman–Crippen MR) is 65.1 cm³/mol. The van der Waals surface area contributed by atoms with Gasteiger partial charge < -0.3 is 5.32 Å². The maximum absolute atomic E-state index is 3.51. The van der Waals surface area contributed by atoms with Crippen LogP contribution in [0.1, 0.15) is 46.0 Å². The molecule has 0 saturated carbocycles. The molecular formula is C13H26N2. The van der Waals surface area contributed by atoms with Crippen molar-refractivity contribution in [3.63, 3.8) is 0 Å². The van der Waals surface area contributed by atoms with E-state index in [0.29, 0.717) is 0 Å². The topological polar surface area (TPSA) is 15.3 Å². The fourth-order valence-corrected chi connectivity index (χ4v) is 3.39. The standard InChI is InChI=1S/C13H26N2/c1-3-12-6-4-5-9-15(12)13-7-8-14-10-11(13)2/h11-14H,3-10H2,1-2H3. The summed E-state index contributed by atoms with van der Waals surface area (Å²) in [4.78, 5) is 2.83. The minimum atomic E-state index is 0.839. The number of likely N-dealkylation sites (tertiary alicyclic amines) is 1. The van der Waals surface area contributed by atoms with Gasteiger partial charge in [-0.2, -0.15) is 0 Å². The number of hydrogen-bond acceptors (Lipinski definition) is 2. The van der Waals surface area contributed by atoms with Crippen molar-refractivity contribution < 1.29 is 0 Å². The number of rotatable bonds is 2. The molecule has 2 aliphatic heterocycles. The summed E-state index contributed by atoms with van der Waals surface area (Å²) in [6.07, 6.45) is 7.02. The molecule has 0 amide bonds. The third-order valence-corrected chi connectivity index (χ3v) is 4.31. The van der Waals surface area contributed by atoms with Gasteiger partial charge in [0.05, 0.1) is 0 Å².